The van der Waals surface area contributed by atoms with Gasteiger partial charge in [0, 0.05) is 7.05 Å². The normalized spacial score (nSPS) is 11.4. The molecule has 21 heavy (non-hydrogen) atoms. The molecule has 0 fully saturated rings. The summed E-state index contributed by atoms with van der Waals surface area (Å²) in [7, 11) is 1.91. The van der Waals surface area contributed by atoms with E-state index in [4.69, 9.17) is 12.2 Å². The molecule has 0 unspecified atom stereocenters. The second-order valence-corrected chi connectivity index (χ2v) is 5.55. The van der Waals surface area contributed by atoms with E-state index in [1.54, 1.807) is 6.07 Å². The fourth-order valence-electron chi connectivity index (χ4n) is 2.65. The van der Waals surface area contributed by atoms with Crippen LogP contribution in [0.4, 0.5) is 4.39 Å². The molecule has 110 valence electrons. The van der Waals surface area contributed by atoms with Crippen molar-refractivity contribution in [1.82, 2.24) is 19.3 Å². The van der Waals surface area contributed by atoms with Crippen LogP contribution in [0.1, 0.15) is 24.6 Å². The zero-order valence-corrected chi connectivity index (χ0v) is 12.9. The third-order valence-electron chi connectivity index (χ3n) is 3.54. The van der Waals surface area contributed by atoms with Crippen LogP contribution in [-0.4, -0.2) is 19.3 Å². The smallest absolute Gasteiger partial charge is 0.179 e. The number of halogens is 1. The first-order valence-electron chi connectivity index (χ1n) is 6.99. The van der Waals surface area contributed by atoms with Crippen molar-refractivity contribution in [2.24, 2.45) is 7.05 Å². The van der Waals surface area contributed by atoms with Crippen molar-refractivity contribution in [3.05, 3.63) is 46.1 Å². The van der Waals surface area contributed by atoms with Crippen LogP contribution in [0.3, 0.4) is 0 Å². The van der Waals surface area contributed by atoms with E-state index in [0.29, 0.717) is 11.3 Å². The van der Waals surface area contributed by atoms with Gasteiger partial charge in [-0.25, -0.2) is 4.39 Å². The molecule has 0 atom stereocenters. The number of benzene rings is 1. The van der Waals surface area contributed by atoms with Crippen LogP contribution in [0.2, 0.25) is 0 Å². The van der Waals surface area contributed by atoms with Crippen molar-refractivity contribution in [2.75, 3.05) is 0 Å². The van der Waals surface area contributed by atoms with Crippen LogP contribution >= 0.6 is 12.2 Å². The van der Waals surface area contributed by atoms with Crippen LogP contribution in [0.25, 0.3) is 11.2 Å². The van der Waals surface area contributed by atoms with E-state index in [1.807, 2.05) is 22.4 Å². The molecule has 2 aromatic heterocycles. The van der Waals surface area contributed by atoms with Crippen LogP contribution in [0.15, 0.2) is 24.3 Å². The maximum atomic E-state index is 13.3. The lowest BCUT2D eigenvalue weighted by Gasteiger charge is -2.05. The Balaban J connectivity index is 2.10. The summed E-state index contributed by atoms with van der Waals surface area (Å²) >= 11 is 5.41. The Kier molecular flexibility index (Phi) is 3.63. The van der Waals surface area contributed by atoms with E-state index in [2.05, 4.69) is 17.0 Å². The lowest BCUT2D eigenvalue weighted by Crippen LogP contribution is -2.04. The Bertz CT molecular complexity index is 843. The zero-order chi connectivity index (χ0) is 15.0. The molecular formula is C15H17FN4S. The number of hydrogen-bond donors (Lipinski definition) is 1. The Morgan fingerprint density at radius 1 is 1.38 bits per heavy atom. The maximum Gasteiger partial charge on any atom is 0.179 e. The Hall–Kier alpha value is -1.95. The number of aromatic amines is 1. The molecule has 1 N–H and O–H groups in total. The van der Waals surface area contributed by atoms with E-state index < -0.39 is 0 Å². The van der Waals surface area contributed by atoms with E-state index in [-0.39, 0.29) is 5.82 Å². The van der Waals surface area contributed by atoms with Crippen molar-refractivity contribution in [3.8, 4) is 0 Å². The van der Waals surface area contributed by atoms with Gasteiger partial charge in [0.2, 0.25) is 0 Å². The van der Waals surface area contributed by atoms with Gasteiger partial charge in [-0.1, -0.05) is 25.5 Å². The maximum absolute atomic E-state index is 13.3. The standard InChI is InChI=1S/C15H17FN4S/c1-3-5-12-13-14(19(2)18-12)20(15(21)17-13)9-10-6-4-7-11(16)8-10/h4,6-8H,3,5,9H2,1-2H3,(H,17,21). The number of aryl methyl sites for hydroxylation is 2. The second kappa shape index (κ2) is 5.44. The lowest BCUT2D eigenvalue weighted by molar-refractivity contribution is 0.623. The van der Waals surface area contributed by atoms with Crippen molar-refractivity contribution in [3.63, 3.8) is 0 Å². The minimum absolute atomic E-state index is 0.234. The molecule has 2 heterocycles. The van der Waals surface area contributed by atoms with E-state index in [0.717, 1.165) is 35.3 Å². The number of nitrogens with one attached hydrogen (secondary N) is 1. The van der Waals surface area contributed by atoms with Gasteiger partial charge < -0.3 is 4.98 Å². The largest absolute Gasteiger partial charge is 0.328 e. The lowest BCUT2D eigenvalue weighted by atomic mass is 10.2. The highest BCUT2D eigenvalue weighted by atomic mass is 32.1. The number of rotatable bonds is 4. The molecule has 6 heteroatoms. The van der Waals surface area contributed by atoms with Gasteiger partial charge in [-0.2, -0.15) is 5.10 Å². The van der Waals surface area contributed by atoms with Crippen molar-refractivity contribution in [1.29, 1.82) is 0 Å². The highest BCUT2D eigenvalue weighted by molar-refractivity contribution is 7.71. The van der Waals surface area contributed by atoms with Gasteiger partial charge in [0.1, 0.15) is 11.3 Å². The predicted molar refractivity (Wildman–Crippen MR) is 83.4 cm³/mol. The summed E-state index contributed by atoms with van der Waals surface area (Å²) in [5.74, 6) is -0.234. The summed E-state index contributed by atoms with van der Waals surface area (Å²) in [6.07, 6.45) is 1.94. The molecule has 3 aromatic rings. The van der Waals surface area contributed by atoms with Gasteiger partial charge in [0.05, 0.1) is 12.2 Å². The fraction of sp³-hybridized carbons (Fsp3) is 0.333. The first-order valence-corrected chi connectivity index (χ1v) is 7.39. The highest BCUT2D eigenvalue weighted by Crippen LogP contribution is 2.20. The predicted octanol–water partition coefficient (Wildman–Crippen LogP) is 3.57. The molecule has 0 saturated heterocycles. The number of imidazole rings is 1. The molecule has 0 aliphatic heterocycles. The minimum atomic E-state index is -0.234. The topological polar surface area (TPSA) is 38.5 Å². The minimum Gasteiger partial charge on any atom is -0.328 e. The first-order chi connectivity index (χ1) is 10.1. The third-order valence-corrected chi connectivity index (χ3v) is 3.86. The molecule has 0 saturated carbocycles. The number of nitrogens with zero attached hydrogens (tertiary/aromatic N) is 3. The molecule has 0 radical (unpaired) electrons. The fourth-order valence-corrected chi connectivity index (χ4v) is 2.91. The summed E-state index contributed by atoms with van der Waals surface area (Å²) in [5, 5.41) is 4.54. The summed E-state index contributed by atoms with van der Waals surface area (Å²) in [4.78, 5) is 3.24. The Morgan fingerprint density at radius 3 is 2.90 bits per heavy atom. The zero-order valence-electron chi connectivity index (χ0n) is 12.1. The third kappa shape index (κ3) is 2.51. The number of aromatic nitrogens is 4. The summed E-state index contributed by atoms with van der Waals surface area (Å²) in [5.41, 5.74) is 3.85. The molecule has 0 aliphatic rings. The molecular weight excluding hydrogens is 287 g/mol. The second-order valence-electron chi connectivity index (χ2n) is 5.17. The molecule has 1 aromatic carbocycles. The molecule has 0 aliphatic carbocycles. The van der Waals surface area contributed by atoms with Gasteiger partial charge in [-0.3, -0.25) is 9.25 Å². The number of hydrogen-bond acceptors (Lipinski definition) is 2. The van der Waals surface area contributed by atoms with E-state index in [9.17, 15) is 4.39 Å². The van der Waals surface area contributed by atoms with Crippen molar-refractivity contribution >= 4 is 23.4 Å². The average molecular weight is 304 g/mol. The summed E-state index contributed by atoms with van der Waals surface area (Å²) in [6, 6.07) is 6.58. The Morgan fingerprint density at radius 2 is 2.19 bits per heavy atom. The van der Waals surface area contributed by atoms with Crippen molar-refractivity contribution < 1.29 is 4.39 Å². The molecule has 4 nitrogen and oxygen atoms in total. The van der Waals surface area contributed by atoms with Crippen molar-refractivity contribution in [2.45, 2.75) is 26.3 Å². The van der Waals surface area contributed by atoms with Gasteiger partial charge in [-0.05, 0) is 36.3 Å². The van der Waals surface area contributed by atoms with Crippen LogP contribution in [0, 0.1) is 10.6 Å². The summed E-state index contributed by atoms with van der Waals surface area (Å²) in [6.45, 7) is 2.65. The first kappa shape index (κ1) is 14.0. The van der Waals surface area contributed by atoms with Gasteiger partial charge in [0.15, 0.2) is 10.4 Å². The van der Waals surface area contributed by atoms with Crippen LogP contribution in [0.5, 0.6) is 0 Å². The average Bonchev–Trinajstić information content (AvgIpc) is 2.90. The quantitative estimate of drug-likeness (QED) is 0.748. The van der Waals surface area contributed by atoms with E-state index in [1.165, 1.54) is 12.1 Å². The monoisotopic (exact) mass is 304 g/mol. The number of H-pyrrole nitrogens is 1. The van der Waals surface area contributed by atoms with Crippen LogP contribution < -0.4 is 0 Å². The van der Waals surface area contributed by atoms with E-state index >= 15 is 0 Å². The van der Waals surface area contributed by atoms with Crippen LogP contribution in [-0.2, 0) is 20.0 Å². The van der Waals surface area contributed by atoms with Gasteiger partial charge in [0.25, 0.3) is 0 Å². The molecule has 3 rings (SSSR count). The van der Waals surface area contributed by atoms with Gasteiger partial charge >= 0.3 is 0 Å². The molecule has 0 spiro atoms. The van der Waals surface area contributed by atoms with Gasteiger partial charge in [-0.15, -0.1) is 0 Å². The SMILES string of the molecule is CCCc1nn(C)c2c1[nH]c(=S)n2Cc1cccc(F)c1. The Labute approximate surface area is 127 Å². The summed E-state index contributed by atoms with van der Waals surface area (Å²) < 4.78 is 17.8. The highest BCUT2D eigenvalue weighted by Gasteiger charge is 2.15. The number of fused-ring (bicyclic) bond motifs is 1. The molecule has 0 bridgehead atoms. The molecule has 0 amide bonds.